The topological polar surface area (TPSA) is 86.4 Å². The summed E-state index contributed by atoms with van der Waals surface area (Å²) in [6, 6.07) is 5.32. The van der Waals surface area contributed by atoms with Crippen molar-refractivity contribution in [3.8, 4) is 17.3 Å². The molecule has 116 valence electrons. The van der Waals surface area contributed by atoms with Crippen LogP contribution in [0.25, 0.3) is 11.4 Å². The average molecular weight is 301 g/mol. The minimum Gasteiger partial charge on any atom is -0.476 e. The highest BCUT2D eigenvalue weighted by Gasteiger charge is 2.11. The van der Waals surface area contributed by atoms with Crippen LogP contribution in [0.4, 0.5) is 5.82 Å². The normalized spacial score (nSPS) is 15.6. The minimum absolute atomic E-state index is 0.392. The third-order valence-corrected chi connectivity index (χ3v) is 3.42. The molecule has 0 saturated carbocycles. The number of aromatic nitrogens is 3. The van der Waals surface area contributed by atoms with E-state index in [9.17, 15) is 0 Å². The average Bonchev–Trinajstić information content (AvgIpc) is 2.56. The van der Waals surface area contributed by atoms with E-state index in [0.717, 1.165) is 38.4 Å². The van der Waals surface area contributed by atoms with Crippen molar-refractivity contribution < 1.29 is 9.47 Å². The maximum atomic E-state index is 5.84. The number of nitrogen functional groups attached to an aromatic ring is 1. The molecule has 1 fully saturated rings. The van der Waals surface area contributed by atoms with Gasteiger partial charge in [-0.15, -0.1) is 0 Å². The number of hydrogen-bond acceptors (Lipinski definition) is 7. The van der Waals surface area contributed by atoms with E-state index in [2.05, 4.69) is 19.9 Å². The molecule has 0 atom stereocenters. The summed E-state index contributed by atoms with van der Waals surface area (Å²) in [4.78, 5) is 14.9. The van der Waals surface area contributed by atoms with Gasteiger partial charge in [0.25, 0.3) is 0 Å². The summed E-state index contributed by atoms with van der Waals surface area (Å²) in [5.41, 5.74) is 6.70. The highest BCUT2D eigenvalue weighted by Crippen LogP contribution is 2.19. The third-order valence-electron chi connectivity index (χ3n) is 3.42. The van der Waals surface area contributed by atoms with Crippen LogP contribution < -0.4 is 10.5 Å². The monoisotopic (exact) mass is 301 g/mol. The highest BCUT2D eigenvalue weighted by molar-refractivity contribution is 5.56. The maximum Gasteiger partial charge on any atom is 0.219 e. The fourth-order valence-corrected chi connectivity index (χ4v) is 2.25. The van der Waals surface area contributed by atoms with Crippen LogP contribution in [-0.2, 0) is 4.74 Å². The van der Waals surface area contributed by atoms with Gasteiger partial charge in [-0.2, -0.15) is 4.98 Å². The Morgan fingerprint density at radius 1 is 1.18 bits per heavy atom. The summed E-state index contributed by atoms with van der Waals surface area (Å²) >= 11 is 0. The number of nitrogens with zero attached hydrogens (tertiary/aromatic N) is 4. The number of ether oxygens (including phenoxy) is 2. The second kappa shape index (κ2) is 7.15. The lowest BCUT2D eigenvalue weighted by Crippen LogP contribution is -2.38. The van der Waals surface area contributed by atoms with Crippen LogP contribution in [0, 0.1) is 0 Å². The minimum atomic E-state index is 0.392. The quantitative estimate of drug-likeness (QED) is 0.875. The maximum absolute atomic E-state index is 5.84. The fourth-order valence-electron chi connectivity index (χ4n) is 2.25. The van der Waals surface area contributed by atoms with Crippen molar-refractivity contribution in [1.82, 2.24) is 19.9 Å². The number of morpholine rings is 1. The molecule has 7 heteroatoms. The second-order valence-corrected chi connectivity index (χ2v) is 4.99. The molecule has 3 rings (SSSR count). The Kier molecular flexibility index (Phi) is 4.77. The van der Waals surface area contributed by atoms with E-state index in [1.165, 1.54) is 0 Å². The summed E-state index contributed by atoms with van der Waals surface area (Å²) in [6.45, 7) is 4.86. The molecule has 1 saturated heterocycles. The lowest BCUT2D eigenvalue weighted by Gasteiger charge is -2.26. The van der Waals surface area contributed by atoms with Gasteiger partial charge in [-0.1, -0.05) is 0 Å². The van der Waals surface area contributed by atoms with Gasteiger partial charge in [-0.25, -0.2) is 4.98 Å². The molecule has 0 aliphatic carbocycles. The molecule has 0 amide bonds. The molecule has 0 aromatic carbocycles. The number of anilines is 1. The molecule has 7 nitrogen and oxygen atoms in total. The Labute approximate surface area is 129 Å². The first kappa shape index (κ1) is 14.7. The fraction of sp³-hybridized carbons (Fsp3) is 0.400. The van der Waals surface area contributed by atoms with Gasteiger partial charge < -0.3 is 15.2 Å². The van der Waals surface area contributed by atoms with E-state index >= 15 is 0 Å². The number of rotatable bonds is 5. The molecular formula is C15H19N5O2. The van der Waals surface area contributed by atoms with Crippen LogP contribution in [0.2, 0.25) is 0 Å². The van der Waals surface area contributed by atoms with Gasteiger partial charge in [0.1, 0.15) is 12.4 Å². The molecule has 0 spiro atoms. The summed E-state index contributed by atoms with van der Waals surface area (Å²) in [5.74, 6) is 1.43. The molecule has 0 radical (unpaired) electrons. The van der Waals surface area contributed by atoms with Crippen LogP contribution in [0.15, 0.2) is 30.6 Å². The SMILES string of the molecule is Nc1cc(OCCN2CCOCC2)nc(-c2ccncc2)n1. The van der Waals surface area contributed by atoms with Crippen LogP contribution in [-0.4, -0.2) is 59.3 Å². The summed E-state index contributed by atoms with van der Waals surface area (Å²) < 4.78 is 11.0. The molecule has 1 aliphatic rings. The van der Waals surface area contributed by atoms with E-state index in [0.29, 0.717) is 24.1 Å². The molecule has 2 aromatic heterocycles. The predicted molar refractivity (Wildman–Crippen MR) is 82.4 cm³/mol. The Hall–Kier alpha value is -2.25. The molecule has 2 aromatic rings. The van der Waals surface area contributed by atoms with Crippen LogP contribution in [0.5, 0.6) is 5.88 Å². The Morgan fingerprint density at radius 2 is 1.95 bits per heavy atom. The second-order valence-electron chi connectivity index (χ2n) is 4.99. The number of nitrogens with two attached hydrogens (primary N) is 1. The predicted octanol–water partition coefficient (Wildman–Crippen LogP) is 0.832. The van der Waals surface area contributed by atoms with E-state index in [-0.39, 0.29) is 0 Å². The van der Waals surface area contributed by atoms with Crippen LogP contribution in [0.1, 0.15) is 0 Å². The number of hydrogen-bond donors (Lipinski definition) is 1. The zero-order chi connectivity index (χ0) is 15.2. The number of pyridine rings is 1. The molecule has 2 N–H and O–H groups in total. The van der Waals surface area contributed by atoms with Gasteiger partial charge in [0.15, 0.2) is 5.82 Å². The van der Waals surface area contributed by atoms with E-state index in [1.807, 2.05) is 12.1 Å². The van der Waals surface area contributed by atoms with Crippen LogP contribution in [0.3, 0.4) is 0 Å². The molecule has 3 heterocycles. The molecule has 0 unspecified atom stereocenters. The van der Waals surface area contributed by atoms with Crippen molar-refractivity contribution in [3.05, 3.63) is 30.6 Å². The van der Waals surface area contributed by atoms with E-state index in [4.69, 9.17) is 15.2 Å². The van der Waals surface area contributed by atoms with Crippen molar-refractivity contribution in [2.75, 3.05) is 45.2 Å². The van der Waals surface area contributed by atoms with Gasteiger partial charge in [0, 0.05) is 43.7 Å². The van der Waals surface area contributed by atoms with Gasteiger partial charge in [0.05, 0.1) is 13.2 Å². The van der Waals surface area contributed by atoms with Gasteiger partial charge >= 0.3 is 0 Å². The Balaban J connectivity index is 1.62. The van der Waals surface area contributed by atoms with Crippen molar-refractivity contribution in [2.24, 2.45) is 0 Å². The lowest BCUT2D eigenvalue weighted by molar-refractivity contribution is 0.0320. The summed E-state index contributed by atoms with van der Waals surface area (Å²) in [6.07, 6.45) is 3.39. The van der Waals surface area contributed by atoms with E-state index < -0.39 is 0 Å². The largest absolute Gasteiger partial charge is 0.476 e. The highest BCUT2D eigenvalue weighted by atomic mass is 16.5. The van der Waals surface area contributed by atoms with Gasteiger partial charge in [-0.3, -0.25) is 9.88 Å². The molecular weight excluding hydrogens is 282 g/mol. The molecule has 0 bridgehead atoms. The first-order valence-electron chi connectivity index (χ1n) is 7.29. The first-order valence-corrected chi connectivity index (χ1v) is 7.29. The lowest BCUT2D eigenvalue weighted by atomic mass is 10.2. The van der Waals surface area contributed by atoms with Crippen molar-refractivity contribution in [3.63, 3.8) is 0 Å². The Bertz CT molecular complexity index is 602. The third kappa shape index (κ3) is 3.90. The first-order chi connectivity index (χ1) is 10.8. The van der Waals surface area contributed by atoms with Gasteiger partial charge in [-0.05, 0) is 12.1 Å². The Morgan fingerprint density at radius 3 is 2.73 bits per heavy atom. The standard InChI is InChI=1S/C15H19N5O2/c16-13-11-14(22-10-7-20-5-8-21-9-6-20)19-15(18-13)12-1-3-17-4-2-12/h1-4,11H,5-10H2,(H2,16,18,19). The van der Waals surface area contributed by atoms with Crippen molar-refractivity contribution >= 4 is 5.82 Å². The van der Waals surface area contributed by atoms with Crippen molar-refractivity contribution in [2.45, 2.75) is 0 Å². The zero-order valence-electron chi connectivity index (χ0n) is 12.3. The summed E-state index contributed by atoms with van der Waals surface area (Å²) in [5, 5.41) is 0. The van der Waals surface area contributed by atoms with Gasteiger partial charge in [0.2, 0.25) is 5.88 Å². The summed E-state index contributed by atoms with van der Waals surface area (Å²) in [7, 11) is 0. The van der Waals surface area contributed by atoms with E-state index in [1.54, 1.807) is 18.5 Å². The smallest absolute Gasteiger partial charge is 0.219 e. The zero-order valence-corrected chi connectivity index (χ0v) is 12.3. The van der Waals surface area contributed by atoms with Crippen molar-refractivity contribution in [1.29, 1.82) is 0 Å². The molecule has 1 aliphatic heterocycles. The molecule has 22 heavy (non-hydrogen) atoms. The van der Waals surface area contributed by atoms with Crippen LogP contribution >= 0.6 is 0 Å².